The number of nitrogens with zero attached hydrogens (tertiary/aromatic N) is 4. The van der Waals surface area contributed by atoms with Gasteiger partial charge in [0.25, 0.3) is 0 Å². The maximum atomic E-state index is 11.6. The fourth-order valence-electron chi connectivity index (χ4n) is 2.76. The summed E-state index contributed by atoms with van der Waals surface area (Å²) in [5.41, 5.74) is 3.32. The van der Waals surface area contributed by atoms with Gasteiger partial charge in [-0.1, -0.05) is 0 Å². The topological polar surface area (TPSA) is 99.7 Å². The van der Waals surface area contributed by atoms with Gasteiger partial charge in [-0.2, -0.15) is 10.5 Å². The molecule has 0 saturated heterocycles. The van der Waals surface area contributed by atoms with Gasteiger partial charge >= 0.3 is 0 Å². The molecule has 0 atom stereocenters. The van der Waals surface area contributed by atoms with Gasteiger partial charge in [-0.3, -0.25) is 9.78 Å². The quantitative estimate of drug-likeness (QED) is 0.481. The number of thioether (sulfide) groups is 1. The molecule has 0 aliphatic rings. The van der Waals surface area contributed by atoms with Crippen molar-refractivity contribution in [3.8, 4) is 40.4 Å². The normalized spacial score (nSPS) is 10.0. The number of hydrogen-bond acceptors (Lipinski definition) is 7. The van der Waals surface area contributed by atoms with E-state index in [1.807, 2.05) is 6.26 Å². The van der Waals surface area contributed by atoms with Crippen molar-refractivity contribution >= 4 is 18.0 Å². The van der Waals surface area contributed by atoms with Crippen LogP contribution in [0.1, 0.15) is 21.5 Å². The molecule has 0 fully saturated rings. The third-order valence-corrected chi connectivity index (χ3v) is 4.88. The fourth-order valence-corrected chi connectivity index (χ4v) is 3.33. The van der Waals surface area contributed by atoms with Crippen molar-refractivity contribution in [1.82, 2.24) is 9.97 Å². The Balaban J connectivity index is 2.30. The first-order chi connectivity index (χ1) is 13.6. The van der Waals surface area contributed by atoms with Crippen LogP contribution in [-0.4, -0.2) is 29.6 Å². The van der Waals surface area contributed by atoms with Crippen LogP contribution in [-0.2, 0) is 0 Å². The van der Waals surface area contributed by atoms with Crippen LogP contribution >= 0.6 is 11.8 Å². The van der Waals surface area contributed by atoms with E-state index in [4.69, 9.17) is 10.00 Å². The highest BCUT2D eigenvalue weighted by Crippen LogP contribution is 2.35. The summed E-state index contributed by atoms with van der Waals surface area (Å²) in [6.45, 7) is 0. The first-order valence-electron chi connectivity index (χ1n) is 8.13. The Bertz CT molecular complexity index is 1150. The van der Waals surface area contributed by atoms with Crippen LogP contribution in [0.25, 0.3) is 22.5 Å². The number of ether oxygens (including phenoxy) is 1. The predicted octanol–water partition coefficient (Wildman–Crippen LogP) is 4.10. The van der Waals surface area contributed by atoms with E-state index in [-0.39, 0.29) is 0 Å². The van der Waals surface area contributed by atoms with Crippen molar-refractivity contribution in [3.63, 3.8) is 0 Å². The van der Waals surface area contributed by atoms with Crippen LogP contribution in [0.2, 0.25) is 0 Å². The average molecular weight is 386 g/mol. The van der Waals surface area contributed by atoms with Crippen molar-refractivity contribution in [1.29, 1.82) is 10.5 Å². The van der Waals surface area contributed by atoms with E-state index in [9.17, 15) is 10.1 Å². The summed E-state index contributed by atoms with van der Waals surface area (Å²) in [6.07, 6.45) is 5.65. The minimum absolute atomic E-state index is 0.372. The van der Waals surface area contributed by atoms with Gasteiger partial charge in [0.15, 0.2) is 6.29 Å². The van der Waals surface area contributed by atoms with Crippen LogP contribution in [0.3, 0.4) is 0 Å². The Morgan fingerprint density at radius 2 is 1.96 bits per heavy atom. The Hall–Kier alpha value is -3.68. The van der Waals surface area contributed by atoms with Gasteiger partial charge in [0.05, 0.1) is 29.6 Å². The maximum Gasteiger partial charge on any atom is 0.150 e. The molecule has 136 valence electrons. The van der Waals surface area contributed by atoms with Crippen molar-refractivity contribution < 1.29 is 9.53 Å². The van der Waals surface area contributed by atoms with Gasteiger partial charge in [-0.15, -0.1) is 11.8 Å². The number of benzene rings is 1. The minimum atomic E-state index is 0.372. The smallest absolute Gasteiger partial charge is 0.150 e. The number of carbonyl (C=O) groups excluding carboxylic acids is 1. The molecule has 0 aliphatic carbocycles. The molecule has 2 aromatic heterocycles. The molecule has 3 rings (SSSR count). The molecule has 7 heteroatoms. The van der Waals surface area contributed by atoms with Gasteiger partial charge in [-0.25, -0.2) is 4.98 Å². The van der Waals surface area contributed by atoms with Crippen LogP contribution in [0.5, 0.6) is 5.75 Å². The van der Waals surface area contributed by atoms with Gasteiger partial charge in [0.1, 0.15) is 17.9 Å². The monoisotopic (exact) mass is 386 g/mol. The summed E-state index contributed by atoms with van der Waals surface area (Å²) in [7, 11) is 1.52. The molecule has 0 saturated carbocycles. The molecule has 0 N–H and O–H groups in total. The molecule has 0 aliphatic heterocycles. The lowest BCUT2D eigenvalue weighted by atomic mass is 9.99. The summed E-state index contributed by atoms with van der Waals surface area (Å²) in [6, 6.07) is 12.8. The van der Waals surface area contributed by atoms with E-state index in [2.05, 4.69) is 22.1 Å². The van der Waals surface area contributed by atoms with Crippen LogP contribution < -0.4 is 4.74 Å². The zero-order chi connectivity index (χ0) is 20.1. The highest BCUT2D eigenvalue weighted by atomic mass is 32.2. The predicted molar refractivity (Wildman–Crippen MR) is 106 cm³/mol. The summed E-state index contributed by atoms with van der Waals surface area (Å²) in [5, 5.41) is 18.9. The van der Waals surface area contributed by atoms with Crippen molar-refractivity contribution in [2.24, 2.45) is 0 Å². The summed E-state index contributed by atoms with van der Waals surface area (Å²) >= 11 is 1.41. The number of methoxy groups -OCH3 is 1. The van der Waals surface area contributed by atoms with Gasteiger partial charge in [0.2, 0.25) is 0 Å². The Kier molecular flexibility index (Phi) is 5.69. The third kappa shape index (κ3) is 3.57. The lowest BCUT2D eigenvalue weighted by molar-refractivity contribution is 0.112. The van der Waals surface area contributed by atoms with Crippen LogP contribution in [0.15, 0.2) is 47.6 Å². The maximum absolute atomic E-state index is 11.6. The molecule has 6 nitrogen and oxygen atoms in total. The number of hydrogen-bond donors (Lipinski definition) is 0. The van der Waals surface area contributed by atoms with Crippen molar-refractivity contribution in [2.45, 2.75) is 4.90 Å². The second-order valence-corrected chi connectivity index (χ2v) is 6.54. The molecule has 0 spiro atoms. The van der Waals surface area contributed by atoms with E-state index in [1.54, 1.807) is 36.5 Å². The molecule has 0 unspecified atom stereocenters. The molecule has 28 heavy (non-hydrogen) atoms. The summed E-state index contributed by atoms with van der Waals surface area (Å²) < 4.78 is 5.18. The third-order valence-electron chi connectivity index (χ3n) is 4.12. The van der Waals surface area contributed by atoms with Gasteiger partial charge in [-0.05, 0) is 36.6 Å². The minimum Gasteiger partial charge on any atom is -0.497 e. The highest BCUT2D eigenvalue weighted by Gasteiger charge is 2.18. The van der Waals surface area contributed by atoms with E-state index in [1.165, 1.54) is 25.1 Å². The average Bonchev–Trinajstić information content (AvgIpc) is 2.77. The standard InChI is InChI=1S/C21H14N4O2S/c1-27-16-3-4-17(15(6-16)12-26)21-18(9-23)20(28-2)7-19(25-21)14-5-13(8-22)10-24-11-14/h3-7,10-12H,1-2H3. The number of nitriles is 2. The molecule has 3 aromatic rings. The van der Waals surface area contributed by atoms with Crippen LogP contribution in [0.4, 0.5) is 0 Å². The SMILES string of the molecule is COc1ccc(-c2nc(-c3cncc(C#N)c3)cc(SC)c2C#N)c(C=O)c1. The summed E-state index contributed by atoms with van der Waals surface area (Å²) in [5.74, 6) is 0.538. The Morgan fingerprint density at radius 3 is 2.61 bits per heavy atom. The summed E-state index contributed by atoms with van der Waals surface area (Å²) in [4.78, 5) is 21.1. The number of aromatic nitrogens is 2. The number of aldehydes is 1. The Labute approximate surface area is 166 Å². The second-order valence-electron chi connectivity index (χ2n) is 5.69. The molecule has 0 radical (unpaired) electrons. The molecule has 2 heterocycles. The molecular formula is C21H14N4O2S. The fraction of sp³-hybridized carbons (Fsp3) is 0.0952. The number of rotatable bonds is 5. The van der Waals surface area contributed by atoms with E-state index in [0.29, 0.717) is 51.2 Å². The van der Waals surface area contributed by atoms with Crippen molar-refractivity contribution in [3.05, 3.63) is 59.4 Å². The number of carbonyl (C=O) groups is 1. The van der Waals surface area contributed by atoms with Crippen molar-refractivity contribution in [2.75, 3.05) is 13.4 Å². The Morgan fingerprint density at radius 1 is 1.14 bits per heavy atom. The largest absolute Gasteiger partial charge is 0.497 e. The zero-order valence-corrected chi connectivity index (χ0v) is 15.9. The number of pyridine rings is 2. The van der Waals surface area contributed by atoms with Crippen LogP contribution in [0, 0.1) is 22.7 Å². The molecule has 0 amide bonds. The molecule has 1 aromatic carbocycles. The lowest BCUT2D eigenvalue weighted by Gasteiger charge is -2.13. The van der Waals surface area contributed by atoms with Gasteiger partial charge < -0.3 is 4.74 Å². The first-order valence-corrected chi connectivity index (χ1v) is 9.35. The molecular weight excluding hydrogens is 372 g/mol. The second kappa shape index (κ2) is 8.34. The van der Waals surface area contributed by atoms with Gasteiger partial charge in [0, 0.05) is 34.0 Å². The van der Waals surface area contributed by atoms with E-state index >= 15 is 0 Å². The molecule has 0 bridgehead atoms. The van der Waals surface area contributed by atoms with E-state index in [0.717, 1.165) is 4.90 Å². The first kappa shape index (κ1) is 19.1. The van der Waals surface area contributed by atoms with E-state index < -0.39 is 0 Å². The lowest BCUT2D eigenvalue weighted by Crippen LogP contribution is -1.99. The highest BCUT2D eigenvalue weighted by molar-refractivity contribution is 7.98. The zero-order valence-electron chi connectivity index (χ0n) is 15.1.